The molecule has 16 heavy (non-hydrogen) atoms. The SMILES string of the molecule is O=C(O)C1Cc2ccccc2C(C(=O)O)C1. The summed E-state index contributed by atoms with van der Waals surface area (Å²) >= 11 is 0. The molecule has 0 radical (unpaired) electrons. The van der Waals surface area contributed by atoms with Crippen LogP contribution in [0.15, 0.2) is 24.3 Å². The average molecular weight is 220 g/mol. The molecule has 4 heteroatoms. The van der Waals surface area contributed by atoms with Gasteiger partial charge in [-0.05, 0) is 24.0 Å². The van der Waals surface area contributed by atoms with Gasteiger partial charge in [0.1, 0.15) is 0 Å². The number of benzene rings is 1. The first-order chi connectivity index (χ1) is 7.59. The van der Waals surface area contributed by atoms with Gasteiger partial charge in [-0.2, -0.15) is 0 Å². The second-order valence-corrected chi connectivity index (χ2v) is 4.06. The van der Waals surface area contributed by atoms with Gasteiger partial charge in [0.15, 0.2) is 0 Å². The van der Waals surface area contributed by atoms with Crippen molar-refractivity contribution in [3.8, 4) is 0 Å². The van der Waals surface area contributed by atoms with E-state index >= 15 is 0 Å². The fourth-order valence-electron chi connectivity index (χ4n) is 2.24. The molecule has 0 aromatic heterocycles. The first-order valence-electron chi connectivity index (χ1n) is 5.13. The monoisotopic (exact) mass is 220 g/mol. The van der Waals surface area contributed by atoms with Gasteiger partial charge in [0.05, 0.1) is 11.8 Å². The molecule has 0 aliphatic heterocycles. The third-order valence-corrected chi connectivity index (χ3v) is 3.06. The van der Waals surface area contributed by atoms with Gasteiger partial charge in [-0.1, -0.05) is 24.3 Å². The molecule has 1 aliphatic rings. The van der Waals surface area contributed by atoms with E-state index in [9.17, 15) is 9.59 Å². The summed E-state index contributed by atoms with van der Waals surface area (Å²) in [5.41, 5.74) is 1.60. The van der Waals surface area contributed by atoms with E-state index in [2.05, 4.69) is 0 Å². The molecule has 2 unspecified atom stereocenters. The third-order valence-electron chi connectivity index (χ3n) is 3.06. The van der Waals surface area contributed by atoms with Gasteiger partial charge >= 0.3 is 11.9 Å². The standard InChI is InChI=1S/C12H12O4/c13-11(14)8-5-7-3-1-2-4-9(7)10(6-8)12(15)16/h1-4,8,10H,5-6H2,(H,13,14)(H,15,16). The summed E-state index contributed by atoms with van der Waals surface area (Å²) in [6.45, 7) is 0. The Hall–Kier alpha value is -1.84. The summed E-state index contributed by atoms with van der Waals surface area (Å²) in [5, 5.41) is 18.1. The van der Waals surface area contributed by atoms with Gasteiger partial charge in [-0.3, -0.25) is 9.59 Å². The number of carbonyl (C=O) groups is 2. The Morgan fingerprint density at radius 2 is 1.81 bits per heavy atom. The molecule has 4 nitrogen and oxygen atoms in total. The molecule has 0 spiro atoms. The van der Waals surface area contributed by atoms with Gasteiger partial charge < -0.3 is 10.2 Å². The van der Waals surface area contributed by atoms with Crippen LogP contribution in [0.5, 0.6) is 0 Å². The number of fused-ring (bicyclic) bond motifs is 1. The zero-order valence-corrected chi connectivity index (χ0v) is 8.59. The fourth-order valence-corrected chi connectivity index (χ4v) is 2.24. The highest BCUT2D eigenvalue weighted by atomic mass is 16.4. The van der Waals surface area contributed by atoms with Crippen LogP contribution in [0.2, 0.25) is 0 Å². The lowest BCUT2D eigenvalue weighted by molar-refractivity contribution is -0.144. The number of aliphatic carboxylic acids is 2. The predicted octanol–water partition coefficient (Wildman–Crippen LogP) is 1.50. The van der Waals surface area contributed by atoms with Crippen molar-refractivity contribution in [2.24, 2.45) is 5.92 Å². The van der Waals surface area contributed by atoms with Crippen LogP contribution in [0.3, 0.4) is 0 Å². The van der Waals surface area contributed by atoms with Crippen LogP contribution in [0.1, 0.15) is 23.5 Å². The topological polar surface area (TPSA) is 74.6 Å². The predicted molar refractivity (Wildman–Crippen MR) is 56.3 cm³/mol. The van der Waals surface area contributed by atoms with Crippen LogP contribution in [-0.2, 0) is 16.0 Å². The maximum absolute atomic E-state index is 11.1. The molecular weight excluding hydrogens is 208 g/mol. The molecule has 0 heterocycles. The van der Waals surface area contributed by atoms with Crippen molar-refractivity contribution < 1.29 is 19.8 Å². The van der Waals surface area contributed by atoms with Crippen LogP contribution in [0.4, 0.5) is 0 Å². The average Bonchev–Trinajstić information content (AvgIpc) is 2.27. The highest BCUT2D eigenvalue weighted by molar-refractivity contribution is 5.80. The minimum Gasteiger partial charge on any atom is -0.481 e. The van der Waals surface area contributed by atoms with Crippen molar-refractivity contribution in [3.05, 3.63) is 35.4 Å². The molecule has 0 amide bonds. The Bertz CT molecular complexity index is 438. The molecule has 1 aromatic rings. The minimum atomic E-state index is -0.946. The zero-order valence-electron chi connectivity index (χ0n) is 8.59. The van der Waals surface area contributed by atoms with Crippen molar-refractivity contribution in [3.63, 3.8) is 0 Å². The summed E-state index contributed by atoms with van der Waals surface area (Å²) in [6, 6.07) is 7.17. The molecule has 0 fully saturated rings. The quantitative estimate of drug-likeness (QED) is 0.792. The van der Waals surface area contributed by atoms with Crippen molar-refractivity contribution in [1.82, 2.24) is 0 Å². The Labute approximate surface area is 92.5 Å². The highest BCUT2D eigenvalue weighted by Gasteiger charge is 2.34. The molecule has 1 aliphatic carbocycles. The van der Waals surface area contributed by atoms with E-state index in [1.807, 2.05) is 6.07 Å². The maximum atomic E-state index is 11.1. The fraction of sp³-hybridized carbons (Fsp3) is 0.333. The van der Waals surface area contributed by atoms with E-state index < -0.39 is 23.8 Å². The number of hydrogen-bond donors (Lipinski definition) is 2. The first kappa shape index (κ1) is 10.7. The molecular formula is C12H12O4. The summed E-state index contributed by atoms with van der Waals surface area (Å²) in [4.78, 5) is 22.0. The van der Waals surface area contributed by atoms with Gasteiger partial charge in [-0.25, -0.2) is 0 Å². The van der Waals surface area contributed by atoms with Crippen molar-refractivity contribution in [2.75, 3.05) is 0 Å². The van der Waals surface area contributed by atoms with Crippen molar-refractivity contribution in [1.29, 1.82) is 0 Å². The molecule has 0 saturated heterocycles. The molecule has 2 atom stereocenters. The maximum Gasteiger partial charge on any atom is 0.311 e. The number of rotatable bonds is 2. The molecule has 0 bridgehead atoms. The van der Waals surface area contributed by atoms with Crippen LogP contribution in [-0.4, -0.2) is 22.2 Å². The van der Waals surface area contributed by atoms with E-state index in [1.54, 1.807) is 18.2 Å². The van der Waals surface area contributed by atoms with E-state index in [4.69, 9.17) is 10.2 Å². The van der Waals surface area contributed by atoms with Crippen LogP contribution in [0, 0.1) is 5.92 Å². The Balaban J connectivity index is 2.41. The largest absolute Gasteiger partial charge is 0.481 e. The second kappa shape index (κ2) is 3.96. The Kier molecular flexibility index (Phi) is 2.64. The van der Waals surface area contributed by atoms with E-state index in [0.717, 1.165) is 11.1 Å². The minimum absolute atomic E-state index is 0.182. The Morgan fingerprint density at radius 3 is 2.44 bits per heavy atom. The third kappa shape index (κ3) is 1.78. The number of hydrogen-bond acceptors (Lipinski definition) is 2. The summed E-state index contributed by atoms with van der Waals surface area (Å²) in [6.07, 6.45) is 0.608. The van der Waals surface area contributed by atoms with Gasteiger partial charge in [0.25, 0.3) is 0 Å². The van der Waals surface area contributed by atoms with Gasteiger partial charge in [0, 0.05) is 0 Å². The lowest BCUT2D eigenvalue weighted by Crippen LogP contribution is -2.28. The van der Waals surface area contributed by atoms with Crippen LogP contribution in [0.25, 0.3) is 0 Å². The summed E-state index contributed by atoms with van der Waals surface area (Å²) < 4.78 is 0. The van der Waals surface area contributed by atoms with E-state index in [1.165, 1.54) is 0 Å². The highest BCUT2D eigenvalue weighted by Crippen LogP contribution is 2.35. The smallest absolute Gasteiger partial charge is 0.311 e. The van der Waals surface area contributed by atoms with Gasteiger partial charge in [0.2, 0.25) is 0 Å². The Morgan fingerprint density at radius 1 is 1.12 bits per heavy atom. The van der Waals surface area contributed by atoms with Crippen molar-refractivity contribution in [2.45, 2.75) is 18.8 Å². The van der Waals surface area contributed by atoms with Crippen LogP contribution >= 0.6 is 0 Å². The number of carboxylic acids is 2. The second-order valence-electron chi connectivity index (χ2n) is 4.06. The van der Waals surface area contributed by atoms with Crippen LogP contribution < -0.4 is 0 Å². The molecule has 2 rings (SSSR count). The van der Waals surface area contributed by atoms with E-state index in [0.29, 0.717) is 6.42 Å². The van der Waals surface area contributed by atoms with Crippen molar-refractivity contribution >= 4 is 11.9 Å². The van der Waals surface area contributed by atoms with Gasteiger partial charge in [-0.15, -0.1) is 0 Å². The first-order valence-corrected chi connectivity index (χ1v) is 5.13. The summed E-state index contributed by atoms with van der Waals surface area (Å²) in [7, 11) is 0. The molecule has 84 valence electrons. The lowest BCUT2D eigenvalue weighted by Gasteiger charge is -2.26. The van der Waals surface area contributed by atoms with E-state index in [-0.39, 0.29) is 6.42 Å². The summed E-state index contributed by atoms with van der Waals surface area (Å²) in [5.74, 6) is -3.14. The molecule has 2 N–H and O–H groups in total. The zero-order chi connectivity index (χ0) is 11.7. The lowest BCUT2D eigenvalue weighted by atomic mass is 9.77. The molecule has 1 aromatic carbocycles. The molecule has 0 saturated carbocycles. The number of carboxylic acid groups (broad SMARTS) is 2. The normalized spacial score (nSPS) is 23.5.